The van der Waals surface area contributed by atoms with Crippen molar-refractivity contribution in [2.45, 2.75) is 31.7 Å². The molecular formula is C11H20N2O2. The van der Waals surface area contributed by atoms with Gasteiger partial charge in [0.15, 0.2) is 0 Å². The molecule has 2 rings (SSSR count). The maximum Gasteiger partial charge on any atom is 0.317 e. The average Bonchev–Trinajstić information content (AvgIpc) is 2.80. The van der Waals surface area contributed by atoms with Gasteiger partial charge in [-0.1, -0.05) is 0 Å². The number of hydrogen-bond acceptors (Lipinski definition) is 3. The fourth-order valence-corrected chi connectivity index (χ4v) is 2.28. The number of nitrogens with zero attached hydrogens (tertiary/aromatic N) is 1. The van der Waals surface area contributed by atoms with Crippen LogP contribution in [-0.4, -0.2) is 48.2 Å². The Morgan fingerprint density at radius 2 is 2.13 bits per heavy atom. The Kier molecular flexibility index (Phi) is 3.59. The van der Waals surface area contributed by atoms with Crippen molar-refractivity contribution in [2.24, 2.45) is 5.92 Å². The monoisotopic (exact) mass is 212 g/mol. The summed E-state index contributed by atoms with van der Waals surface area (Å²) in [4.78, 5) is 12.8. The molecule has 4 nitrogen and oxygen atoms in total. The van der Waals surface area contributed by atoms with Crippen LogP contribution in [0.2, 0.25) is 0 Å². The molecule has 1 aliphatic carbocycles. The molecule has 2 fully saturated rings. The van der Waals surface area contributed by atoms with Crippen molar-refractivity contribution >= 4 is 5.97 Å². The first-order valence-electron chi connectivity index (χ1n) is 5.91. The molecule has 0 aromatic heterocycles. The molecule has 0 aromatic carbocycles. The normalized spacial score (nSPS) is 26.1. The van der Waals surface area contributed by atoms with E-state index in [2.05, 4.69) is 10.2 Å². The van der Waals surface area contributed by atoms with Crippen molar-refractivity contribution in [3.63, 3.8) is 0 Å². The molecular weight excluding hydrogens is 192 g/mol. The van der Waals surface area contributed by atoms with Gasteiger partial charge in [0, 0.05) is 19.1 Å². The van der Waals surface area contributed by atoms with Gasteiger partial charge in [0.1, 0.15) is 0 Å². The summed E-state index contributed by atoms with van der Waals surface area (Å²) in [6.07, 6.45) is 5.00. The lowest BCUT2D eigenvalue weighted by molar-refractivity contribution is -0.138. The van der Waals surface area contributed by atoms with Crippen molar-refractivity contribution < 1.29 is 9.90 Å². The van der Waals surface area contributed by atoms with Crippen LogP contribution in [0.1, 0.15) is 25.7 Å². The zero-order valence-corrected chi connectivity index (χ0v) is 9.11. The number of nitrogens with one attached hydrogen (secondary N) is 1. The van der Waals surface area contributed by atoms with Crippen LogP contribution in [0, 0.1) is 5.92 Å². The minimum absolute atomic E-state index is 0.203. The summed E-state index contributed by atoms with van der Waals surface area (Å²) >= 11 is 0. The number of carboxylic acid groups (broad SMARTS) is 1. The van der Waals surface area contributed by atoms with Gasteiger partial charge in [0.05, 0.1) is 6.54 Å². The predicted molar refractivity (Wildman–Crippen MR) is 57.8 cm³/mol. The molecule has 1 aliphatic heterocycles. The quantitative estimate of drug-likeness (QED) is 0.674. The van der Waals surface area contributed by atoms with Crippen molar-refractivity contribution in [2.75, 3.05) is 26.2 Å². The van der Waals surface area contributed by atoms with Gasteiger partial charge >= 0.3 is 5.97 Å². The van der Waals surface area contributed by atoms with Gasteiger partial charge in [0.25, 0.3) is 0 Å². The first-order chi connectivity index (χ1) is 7.24. The average molecular weight is 212 g/mol. The van der Waals surface area contributed by atoms with Gasteiger partial charge in [-0.3, -0.25) is 9.69 Å². The summed E-state index contributed by atoms with van der Waals surface area (Å²) < 4.78 is 0. The van der Waals surface area contributed by atoms with E-state index in [0.717, 1.165) is 25.6 Å². The van der Waals surface area contributed by atoms with Crippen LogP contribution in [0.15, 0.2) is 0 Å². The first-order valence-corrected chi connectivity index (χ1v) is 5.91. The third-order valence-electron chi connectivity index (χ3n) is 3.21. The summed E-state index contributed by atoms with van der Waals surface area (Å²) in [6.45, 7) is 3.18. The molecule has 1 atom stereocenters. The second-order valence-electron chi connectivity index (χ2n) is 4.82. The zero-order valence-electron chi connectivity index (χ0n) is 9.11. The lowest BCUT2D eigenvalue weighted by Gasteiger charge is -2.23. The highest BCUT2D eigenvalue weighted by molar-refractivity contribution is 5.69. The van der Waals surface area contributed by atoms with Crippen LogP contribution in [0.5, 0.6) is 0 Å². The SMILES string of the molecule is O=C(O)CN(CC1CC1)CC1CCCN1. The molecule has 0 radical (unpaired) electrons. The Bertz CT molecular complexity index is 223. The number of hydrogen-bond donors (Lipinski definition) is 2. The third kappa shape index (κ3) is 3.80. The lowest BCUT2D eigenvalue weighted by atomic mass is 10.2. The van der Waals surface area contributed by atoms with E-state index in [9.17, 15) is 4.79 Å². The maximum absolute atomic E-state index is 10.7. The van der Waals surface area contributed by atoms with Crippen LogP contribution in [0.3, 0.4) is 0 Å². The van der Waals surface area contributed by atoms with Crippen molar-refractivity contribution in [1.82, 2.24) is 10.2 Å². The van der Waals surface area contributed by atoms with Crippen molar-refractivity contribution in [3.05, 3.63) is 0 Å². The molecule has 2 aliphatic rings. The van der Waals surface area contributed by atoms with Crippen molar-refractivity contribution in [1.29, 1.82) is 0 Å². The summed E-state index contributed by atoms with van der Waals surface area (Å²) in [5.41, 5.74) is 0. The summed E-state index contributed by atoms with van der Waals surface area (Å²) in [5, 5.41) is 12.2. The number of aliphatic carboxylic acids is 1. The van der Waals surface area contributed by atoms with Gasteiger partial charge < -0.3 is 10.4 Å². The third-order valence-corrected chi connectivity index (χ3v) is 3.21. The Morgan fingerprint density at radius 1 is 1.33 bits per heavy atom. The van der Waals surface area contributed by atoms with Gasteiger partial charge in [-0.25, -0.2) is 0 Å². The molecule has 1 saturated carbocycles. The summed E-state index contributed by atoms with van der Waals surface area (Å²) in [7, 11) is 0. The number of rotatable bonds is 6. The molecule has 1 saturated heterocycles. The van der Waals surface area contributed by atoms with E-state index in [0.29, 0.717) is 6.04 Å². The van der Waals surface area contributed by atoms with E-state index in [-0.39, 0.29) is 6.54 Å². The van der Waals surface area contributed by atoms with E-state index in [1.807, 2.05) is 0 Å². The standard InChI is InChI=1S/C11H20N2O2/c14-11(15)8-13(6-9-3-4-9)7-10-2-1-5-12-10/h9-10,12H,1-8H2,(H,14,15). The van der Waals surface area contributed by atoms with Gasteiger partial charge in [0.2, 0.25) is 0 Å². The van der Waals surface area contributed by atoms with E-state index in [1.54, 1.807) is 0 Å². The Labute approximate surface area is 90.6 Å². The second kappa shape index (κ2) is 4.94. The molecule has 2 N–H and O–H groups in total. The van der Waals surface area contributed by atoms with Crippen molar-refractivity contribution in [3.8, 4) is 0 Å². The highest BCUT2D eigenvalue weighted by Gasteiger charge is 2.27. The molecule has 0 spiro atoms. The summed E-state index contributed by atoms with van der Waals surface area (Å²) in [6, 6.07) is 0.517. The van der Waals surface area contributed by atoms with E-state index in [1.165, 1.54) is 25.7 Å². The molecule has 0 bridgehead atoms. The lowest BCUT2D eigenvalue weighted by Crippen LogP contribution is -2.41. The second-order valence-corrected chi connectivity index (χ2v) is 4.82. The first kappa shape index (κ1) is 10.9. The largest absolute Gasteiger partial charge is 0.480 e. The van der Waals surface area contributed by atoms with Crippen LogP contribution in [-0.2, 0) is 4.79 Å². The molecule has 0 aromatic rings. The molecule has 15 heavy (non-hydrogen) atoms. The van der Waals surface area contributed by atoms with Gasteiger partial charge in [-0.15, -0.1) is 0 Å². The highest BCUT2D eigenvalue weighted by atomic mass is 16.4. The predicted octanol–water partition coefficient (Wildman–Crippen LogP) is 0.535. The smallest absolute Gasteiger partial charge is 0.317 e. The fraction of sp³-hybridized carbons (Fsp3) is 0.909. The number of carbonyl (C=O) groups is 1. The molecule has 0 amide bonds. The van der Waals surface area contributed by atoms with Gasteiger partial charge in [-0.2, -0.15) is 0 Å². The molecule has 86 valence electrons. The van der Waals surface area contributed by atoms with Gasteiger partial charge in [-0.05, 0) is 38.1 Å². The molecule has 4 heteroatoms. The Morgan fingerprint density at radius 3 is 2.67 bits per heavy atom. The molecule has 1 heterocycles. The topological polar surface area (TPSA) is 52.6 Å². The van der Waals surface area contributed by atoms with Crippen LogP contribution in [0.25, 0.3) is 0 Å². The van der Waals surface area contributed by atoms with E-state index < -0.39 is 5.97 Å². The highest BCUT2D eigenvalue weighted by Crippen LogP contribution is 2.29. The Hall–Kier alpha value is -0.610. The Balaban J connectivity index is 1.76. The minimum Gasteiger partial charge on any atom is -0.480 e. The van der Waals surface area contributed by atoms with Crippen LogP contribution in [0.4, 0.5) is 0 Å². The maximum atomic E-state index is 10.7. The minimum atomic E-state index is -0.700. The zero-order chi connectivity index (χ0) is 10.7. The summed E-state index contributed by atoms with van der Waals surface area (Å²) in [5.74, 6) is 0.0689. The van der Waals surface area contributed by atoms with Crippen LogP contribution < -0.4 is 5.32 Å². The van der Waals surface area contributed by atoms with E-state index in [4.69, 9.17) is 5.11 Å². The molecule has 1 unspecified atom stereocenters. The number of carboxylic acids is 1. The van der Waals surface area contributed by atoms with Crippen LogP contribution >= 0.6 is 0 Å². The van der Waals surface area contributed by atoms with E-state index >= 15 is 0 Å². The fourth-order valence-electron chi connectivity index (χ4n) is 2.28.